The van der Waals surface area contributed by atoms with Gasteiger partial charge in [-0.25, -0.2) is 0 Å². The topological polar surface area (TPSA) is 41.3 Å². The highest BCUT2D eigenvalue weighted by Crippen LogP contribution is 2.53. The van der Waals surface area contributed by atoms with Crippen molar-refractivity contribution in [2.75, 3.05) is 16.3 Å². The second kappa shape index (κ2) is 23.9. The lowest BCUT2D eigenvalue weighted by molar-refractivity contribution is 0.590. The highest BCUT2D eigenvalue weighted by atomic mass is 15.2. The highest BCUT2D eigenvalue weighted by Gasteiger charge is 2.47. The van der Waals surface area contributed by atoms with Crippen molar-refractivity contribution < 1.29 is 21.9 Å². The van der Waals surface area contributed by atoms with E-state index < -0.39 is 109 Å². The van der Waals surface area contributed by atoms with Gasteiger partial charge >= 0.3 is 0 Å². The molecule has 3 aliphatic rings. The summed E-state index contributed by atoms with van der Waals surface area (Å²) in [6.07, 6.45) is 5.89. The molecule has 6 nitrogen and oxygen atoms in total. The second-order valence-corrected chi connectivity index (χ2v) is 33.0. The highest BCUT2D eigenvalue weighted by molar-refractivity contribution is 7.00. The molecule has 0 spiro atoms. The Morgan fingerprint density at radius 3 is 1.11 bits per heavy atom. The Morgan fingerprint density at radius 1 is 0.369 bits per heavy atom. The van der Waals surface area contributed by atoms with Crippen molar-refractivity contribution in [3.8, 4) is 33.6 Å². The van der Waals surface area contributed by atoms with Crippen molar-refractivity contribution in [3.05, 3.63) is 306 Å². The molecular weight excluding hydrogens is 1250 g/mol. The normalized spacial score (nSPS) is 16.3. The summed E-state index contributed by atoms with van der Waals surface area (Å²) < 4.78 is 155. The summed E-state index contributed by atoms with van der Waals surface area (Å²) in [5, 5.41) is 3.47. The second-order valence-electron chi connectivity index (χ2n) is 33.0. The van der Waals surface area contributed by atoms with Crippen LogP contribution >= 0.6 is 0 Å². The zero-order chi connectivity index (χ0) is 85.3. The average Bonchev–Trinajstić information content (AvgIpc) is 0.979. The largest absolute Gasteiger partial charge is 0.386 e. The van der Waals surface area contributed by atoms with Crippen LogP contribution in [-0.4, -0.2) is 27.4 Å². The SMILES string of the molecule is [2H]c1c([2H])c([2H])c2c(c1[2H])c1c([2H])c([2H])c([2H])c([2H])c1n2-c1ccc2c(c1)N(C1=C(c3ccc(C(C)(C)C)cc3)CNC=C1c1ccc(C(C)(C)C)cc1)c1cc(C(C)(C)C)cc3c1B2c1ccc(-n2c4c([2H])c([2H])c([2H])c([2H])c4c4c([2H])c([2H])c([2H])c([2H])c42)cc1N3c1c(-c2ccc(C(C)(C)C)cc2)cncc1-c1ccc(C(C)(C)C)cc1. The molecule has 508 valence electrons. The number of fused-ring (bicyclic) bond motifs is 10. The minimum Gasteiger partial charge on any atom is -0.386 e. The molecule has 6 heterocycles. The van der Waals surface area contributed by atoms with Crippen molar-refractivity contribution in [1.29, 1.82) is 0 Å². The van der Waals surface area contributed by atoms with Gasteiger partial charge in [0.05, 0.1) is 55.4 Å². The average molecular weight is 1360 g/mol. The molecule has 11 aromatic carbocycles. The first-order valence-electron chi connectivity index (χ1n) is 43.6. The van der Waals surface area contributed by atoms with Crippen LogP contribution < -0.4 is 31.5 Å². The standard InChI is InChI=1S/C96H91BN6/c1-92(2,3)64-40-32-60(33-41-64)75-56-98-57-76(61-34-42-65(43-35-61)93(4,5)6)90(75)102-85-54-69(100-81-28-20-16-24-71(81)72-25-17-21-29-82(72)100)48-50-79(85)97-80-51-49-70(101-83-30-22-18-26-73(83)74-27-19-23-31-84(74)101)55-86(80)103(88-53-68(96(13,14)15)52-87(102)89(88)97)91-77(62-36-44-66(45-37-62)94(7,8)9)58-99-59-78(91)63-38-46-67(47-39-63)95(10,11)12/h16-58,99H,59H2,1-15H3/i16D,17D,18D,19D,20D,21D,22D,23D,24D,25D,26D,27D,28D,29D,30D,31D. The Balaban J connectivity index is 1.09. The Labute approximate surface area is 631 Å². The van der Waals surface area contributed by atoms with E-state index in [1.807, 2.05) is 48.8 Å². The maximum atomic E-state index is 9.88. The molecule has 17 rings (SSSR count). The number of rotatable bonds is 8. The van der Waals surface area contributed by atoms with Crippen molar-refractivity contribution >= 4 is 106 Å². The fraction of sp³-hybridized carbons (Fsp3) is 0.219. The monoisotopic (exact) mass is 1350 g/mol. The lowest BCUT2D eigenvalue weighted by atomic mass is 9.33. The maximum Gasteiger partial charge on any atom is 0.252 e. The molecular formula is C96H91BN6. The van der Waals surface area contributed by atoms with Crippen LogP contribution in [0.2, 0.25) is 0 Å². The zero-order valence-electron chi connectivity index (χ0n) is 77.1. The number of hydrogen-bond donors (Lipinski definition) is 1. The van der Waals surface area contributed by atoms with Gasteiger partial charge in [-0.3, -0.25) is 4.98 Å². The molecule has 0 saturated carbocycles. The molecule has 0 amide bonds. The van der Waals surface area contributed by atoms with Crippen LogP contribution in [0.15, 0.2) is 267 Å². The van der Waals surface area contributed by atoms with E-state index in [0.717, 1.165) is 111 Å². The molecule has 0 atom stereocenters. The third-order valence-corrected chi connectivity index (χ3v) is 21.2. The van der Waals surface area contributed by atoms with E-state index in [2.05, 4.69) is 234 Å². The van der Waals surface area contributed by atoms with E-state index in [-0.39, 0.29) is 65.3 Å². The van der Waals surface area contributed by atoms with Gasteiger partial charge in [0.15, 0.2) is 0 Å². The van der Waals surface area contributed by atoms with Crippen molar-refractivity contribution in [2.45, 2.75) is 131 Å². The number of hydrogen-bond acceptors (Lipinski definition) is 4. The Hall–Kier alpha value is -10.9. The summed E-state index contributed by atoms with van der Waals surface area (Å²) in [5.74, 6) is 0. The van der Waals surface area contributed by atoms with Crippen LogP contribution in [0.5, 0.6) is 0 Å². The molecule has 0 saturated heterocycles. The lowest BCUT2D eigenvalue weighted by Crippen LogP contribution is -2.62. The van der Waals surface area contributed by atoms with Crippen LogP contribution in [0.25, 0.3) is 88.4 Å². The van der Waals surface area contributed by atoms with Crippen LogP contribution in [0.1, 0.15) is 165 Å². The Kier molecular flexibility index (Phi) is 11.5. The van der Waals surface area contributed by atoms with Crippen molar-refractivity contribution in [1.82, 2.24) is 19.4 Å². The summed E-state index contributed by atoms with van der Waals surface area (Å²) in [7, 11) is 0. The molecule has 103 heavy (non-hydrogen) atoms. The van der Waals surface area contributed by atoms with Gasteiger partial charge in [-0.05, 0) is 154 Å². The minimum absolute atomic E-state index is 0.0470. The number of nitrogens with zero attached hydrogens (tertiary/aromatic N) is 5. The smallest absolute Gasteiger partial charge is 0.252 e. The van der Waals surface area contributed by atoms with Gasteiger partial charge in [0, 0.05) is 103 Å². The number of nitrogens with one attached hydrogen (secondary N) is 1. The molecule has 3 aromatic heterocycles. The molecule has 0 fully saturated rings. The predicted molar refractivity (Wildman–Crippen MR) is 441 cm³/mol. The van der Waals surface area contributed by atoms with Crippen molar-refractivity contribution in [3.63, 3.8) is 0 Å². The number of allylic oxidation sites excluding steroid dienone is 1. The first-order valence-corrected chi connectivity index (χ1v) is 35.6. The van der Waals surface area contributed by atoms with E-state index in [9.17, 15) is 16.4 Å². The lowest BCUT2D eigenvalue weighted by Gasteiger charge is -2.47. The summed E-state index contributed by atoms with van der Waals surface area (Å²) in [6.45, 7) is 32.4. The van der Waals surface area contributed by atoms with Crippen LogP contribution in [0.3, 0.4) is 0 Å². The van der Waals surface area contributed by atoms with Gasteiger partial charge in [0.2, 0.25) is 0 Å². The quantitative estimate of drug-likeness (QED) is 0.154. The van der Waals surface area contributed by atoms with Gasteiger partial charge < -0.3 is 24.3 Å². The Bertz CT molecular complexity index is 6580. The third kappa shape index (κ3) is 10.9. The third-order valence-electron chi connectivity index (χ3n) is 21.2. The summed E-state index contributed by atoms with van der Waals surface area (Å²) >= 11 is 0. The summed E-state index contributed by atoms with van der Waals surface area (Å²) in [5.41, 5.74) is 17.5. The number of aromatic nitrogens is 3. The number of pyridine rings is 1. The molecule has 3 aliphatic heterocycles. The molecule has 1 N–H and O–H groups in total. The minimum atomic E-state index is -0.767. The Morgan fingerprint density at radius 2 is 0.718 bits per heavy atom. The summed E-state index contributed by atoms with van der Waals surface area (Å²) in [6, 6.07) is 42.7. The molecule has 0 aliphatic carbocycles. The van der Waals surface area contributed by atoms with Gasteiger partial charge in [-0.2, -0.15) is 0 Å². The van der Waals surface area contributed by atoms with E-state index >= 15 is 0 Å². The van der Waals surface area contributed by atoms with Crippen molar-refractivity contribution in [2.24, 2.45) is 0 Å². The molecule has 0 radical (unpaired) electrons. The fourth-order valence-corrected chi connectivity index (χ4v) is 15.5. The first kappa shape index (κ1) is 49.6. The fourth-order valence-electron chi connectivity index (χ4n) is 15.5. The van der Waals surface area contributed by atoms with E-state index in [1.165, 1.54) is 0 Å². The van der Waals surface area contributed by atoms with Crippen LogP contribution in [0.4, 0.5) is 28.4 Å². The number of anilines is 5. The molecule has 0 unspecified atom stereocenters. The van der Waals surface area contributed by atoms with Crippen LogP contribution in [-0.2, 0) is 27.1 Å². The number of dihydropyridines is 1. The van der Waals surface area contributed by atoms with Gasteiger partial charge in [-0.15, -0.1) is 0 Å². The molecule has 14 aromatic rings. The first-order chi connectivity index (χ1) is 55.9. The van der Waals surface area contributed by atoms with Gasteiger partial charge in [-0.1, -0.05) is 286 Å². The van der Waals surface area contributed by atoms with Gasteiger partial charge in [0.25, 0.3) is 6.71 Å². The maximum absolute atomic E-state index is 9.88. The van der Waals surface area contributed by atoms with Crippen LogP contribution in [0, 0.1) is 0 Å². The molecule has 0 bridgehead atoms. The summed E-state index contributed by atoms with van der Waals surface area (Å²) in [4.78, 5) is 9.85. The van der Waals surface area contributed by atoms with Gasteiger partial charge in [0.1, 0.15) is 0 Å². The molecule has 7 heteroatoms. The van der Waals surface area contributed by atoms with E-state index in [0.29, 0.717) is 29.3 Å². The van der Waals surface area contributed by atoms with E-state index in [4.69, 9.17) is 10.5 Å². The predicted octanol–water partition coefficient (Wildman–Crippen LogP) is 22.9. The number of benzene rings is 11. The zero-order valence-corrected chi connectivity index (χ0v) is 61.1. The van der Waals surface area contributed by atoms with E-state index in [1.54, 1.807) is 9.13 Å². The number of para-hydroxylation sites is 4.